The maximum atomic E-state index is 12.2. The van der Waals surface area contributed by atoms with Crippen molar-refractivity contribution in [1.82, 2.24) is 20.1 Å². The second-order valence-corrected chi connectivity index (χ2v) is 4.31. The topological polar surface area (TPSA) is 99.2 Å². The van der Waals surface area contributed by atoms with Gasteiger partial charge in [-0.25, -0.2) is 9.78 Å². The minimum Gasteiger partial charge on any atom is -0.480 e. The first kappa shape index (κ1) is 12.5. The van der Waals surface area contributed by atoms with Gasteiger partial charge in [-0.2, -0.15) is 0 Å². The van der Waals surface area contributed by atoms with Gasteiger partial charge in [-0.05, 0) is 19.3 Å². The number of aliphatic carboxylic acids is 1. The molecule has 2 rings (SSSR count). The zero-order valence-corrected chi connectivity index (χ0v) is 10.2. The lowest BCUT2D eigenvalue weighted by Gasteiger charge is -2.31. The highest BCUT2D eigenvalue weighted by molar-refractivity contribution is 5.93. The molecule has 0 aliphatic carbocycles. The SMILES string of the molecule is CCc1nc(C(=O)N2CCCCC2C(=O)O)n[nH]1. The van der Waals surface area contributed by atoms with Gasteiger partial charge in [-0.15, -0.1) is 5.10 Å². The molecule has 2 heterocycles. The minimum atomic E-state index is -0.964. The molecule has 1 fully saturated rings. The van der Waals surface area contributed by atoms with Gasteiger partial charge >= 0.3 is 5.97 Å². The van der Waals surface area contributed by atoms with Crippen LogP contribution < -0.4 is 0 Å². The molecular formula is C11H16N4O3. The van der Waals surface area contributed by atoms with E-state index in [0.29, 0.717) is 25.2 Å². The molecule has 0 bridgehead atoms. The minimum absolute atomic E-state index is 0.0556. The molecule has 1 aromatic rings. The Bertz CT molecular complexity index is 457. The van der Waals surface area contributed by atoms with E-state index in [0.717, 1.165) is 12.8 Å². The Hall–Kier alpha value is -1.92. The Balaban J connectivity index is 2.17. The van der Waals surface area contributed by atoms with E-state index in [1.807, 2.05) is 6.92 Å². The fourth-order valence-electron chi connectivity index (χ4n) is 2.11. The number of likely N-dealkylation sites (tertiary alicyclic amines) is 1. The molecule has 98 valence electrons. The first-order chi connectivity index (χ1) is 8.63. The van der Waals surface area contributed by atoms with Gasteiger partial charge in [0.15, 0.2) is 0 Å². The zero-order valence-electron chi connectivity index (χ0n) is 10.2. The molecule has 1 saturated heterocycles. The van der Waals surface area contributed by atoms with Crippen molar-refractivity contribution in [3.05, 3.63) is 11.6 Å². The molecule has 7 heteroatoms. The molecule has 18 heavy (non-hydrogen) atoms. The number of aryl methyl sites for hydroxylation is 1. The van der Waals surface area contributed by atoms with Crippen molar-refractivity contribution >= 4 is 11.9 Å². The highest BCUT2D eigenvalue weighted by Gasteiger charge is 2.33. The Morgan fingerprint density at radius 1 is 1.50 bits per heavy atom. The number of amides is 1. The Morgan fingerprint density at radius 2 is 2.28 bits per heavy atom. The summed E-state index contributed by atoms with van der Waals surface area (Å²) >= 11 is 0. The van der Waals surface area contributed by atoms with E-state index in [4.69, 9.17) is 5.11 Å². The van der Waals surface area contributed by atoms with E-state index < -0.39 is 17.9 Å². The van der Waals surface area contributed by atoms with Crippen molar-refractivity contribution in [2.75, 3.05) is 6.54 Å². The van der Waals surface area contributed by atoms with E-state index in [-0.39, 0.29) is 5.82 Å². The monoisotopic (exact) mass is 252 g/mol. The van der Waals surface area contributed by atoms with Crippen molar-refractivity contribution in [2.24, 2.45) is 0 Å². The number of aromatic amines is 1. The number of rotatable bonds is 3. The molecule has 0 saturated carbocycles. The van der Waals surface area contributed by atoms with Gasteiger partial charge in [0.1, 0.15) is 11.9 Å². The van der Waals surface area contributed by atoms with Crippen LogP contribution in [0.2, 0.25) is 0 Å². The predicted octanol–water partition coefficient (Wildman–Crippen LogP) is 0.446. The van der Waals surface area contributed by atoms with Crippen LogP contribution in [-0.4, -0.2) is 49.7 Å². The molecular weight excluding hydrogens is 236 g/mol. The summed E-state index contributed by atoms with van der Waals surface area (Å²) in [5.74, 6) is -0.686. The van der Waals surface area contributed by atoms with E-state index in [1.54, 1.807) is 0 Å². The summed E-state index contributed by atoms with van der Waals surface area (Å²) in [4.78, 5) is 28.7. The standard InChI is InChI=1S/C11H16N4O3/c1-2-8-12-9(14-13-8)10(16)15-6-4-3-5-7(15)11(17)18/h7H,2-6H2,1H3,(H,17,18)(H,12,13,14). The predicted molar refractivity (Wildman–Crippen MR) is 62.1 cm³/mol. The van der Waals surface area contributed by atoms with Crippen molar-refractivity contribution < 1.29 is 14.7 Å². The Morgan fingerprint density at radius 3 is 2.89 bits per heavy atom. The van der Waals surface area contributed by atoms with E-state index in [9.17, 15) is 9.59 Å². The summed E-state index contributed by atoms with van der Waals surface area (Å²) in [5, 5.41) is 15.6. The average molecular weight is 252 g/mol. The van der Waals surface area contributed by atoms with Gasteiger partial charge in [0, 0.05) is 13.0 Å². The van der Waals surface area contributed by atoms with E-state index in [2.05, 4.69) is 15.2 Å². The van der Waals surface area contributed by atoms with Gasteiger partial charge in [0.2, 0.25) is 5.82 Å². The van der Waals surface area contributed by atoms with Crippen LogP contribution in [0.15, 0.2) is 0 Å². The van der Waals surface area contributed by atoms with Crippen LogP contribution >= 0.6 is 0 Å². The second kappa shape index (κ2) is 5.16. The molecule has 0 aromatic carbocycles. The molecule has 7 nitrogen and oxygen atoms in total. The number of aromatic nitrogens is 3. The second-order valence-electron chi connectivity index (χ2n) is 4.31. The molecule has 1 unspecified atom stereocenters. The number of carbonyl (C=O) groups is 2. The van der Waals surface area contributed by atoms with Gasteiger partial charge < -0.3 is 10.0 Å². The van der Waals surface area contributed by atoms with Gasteiger partial charge in [0.25, 0.3) is 5.91 Å². The van der Waals surface area contributed by atoms with Gasteiger partial charge in [0.05, 0.1) is 0 Å². The number of hydrogen-bond donors (Lipinski definition) is 2. The number of carbonyl (C=O) groups excluding carboxylic acids is 1. The van der Waals surface area contributed by atoms with Gasteiger partial charge in [-0.1, -0.05) is 6.92 Å². The van der Waals surface area contributed by atoms with E-state index in [1.165, 1.54) is 4.90 Å². The number of nitrogens with zero attached hydrogens (tertiary/aromatic N) is 3. The molecule has 1 atom stereocenters. The molecule has 1 aromatic heterocycles. The Labute approximate surface area is 104 Å². The number of carboxylic acid groups (broad SMARTS) is 1. The largest absolute Gasteiger partial charge is 0.480 e. The molecule has 0 spiro atoms. The number of nitrogens with one attached hydrogen (secondary N) is 1. The Kier molecular flexibility index (Phi) is 3.59. The normalized spacial score (nSPS) is 19.8. The van der Waals surface area contributed by atoms with Crippen molar-refractivity contribution in [2.45, 2.75) is 38.6 Å². The smallest absolute Gasteiger partial charge is 0.326 e. The third kappa shape index (κ3) is 2.34. The van der Waals surface area contributed by atoms with Crippen LogP contribution in [0, 0.1) is 0 Å². The van der Waals surface area contributed by atoms with Crippen LogP contribution in [0.5, 0.6) is 0 Å². The molecule has 1 aliphatic heterocycles. The fraction of sp³-hybridized carbons (Fsp3) is 0.636. The lowest BCUT2D eigenvalue weighted by Crippen LogP contribution is -2.48. The van der Waals surface area contributed by atoms with Crippen LogP contribution in [0.4, 0.5) is 0 Å². The summed E-state index contributed by atoms with van der Waals surface area (Å²) < 4.78 is 0. The highest BCUT2D eigenvalue weighted by Crippen LogP contribution is 2.18. The molecule has 0 radical (unpaired) electrons. The van der Waals surface area contributed by atoms with Crippen LogP contribution in [0.1, 0.15) is 42.6 Å². The van der Waals surface area contributed by atoms with Crippen molar-refractivity contribution in [3.8, 4) is 0 Å². The summed E-state index contributed by atoms with van der Waals surface area (Å²) in [7, 11) is 0. The maximum absolute atomic E-state index is 12.2. The summed E-state index contributed by atoms with van der Waals surface area (Å²) in [6.07, 6.45) is 2.80. The number of H-pyrrole nitrogens is 1. The summed E-state index contributed by atoms with van der Waals surface area (Å²) in [6, 6.07) is -0.755. The molecule has 1 aliphatic rings. The summed E-state index contributed by atoms with van der Waals surface area (Å²) in [6.45, 7) is 2.35. The zero-order chi connectivity index (χ0) is 13.1. The maximum Gasteiger partial charge on any atom is 0.326 e. The summed E-state index contributed by atoms with van der Waals surface area (Å²) in [5.41, 5.74) is 0. The number of hydrogen-bond acceptors (Lipinski definition) is 4. The fourth-order valence-corrected chi connectivity index (χ4v) is 2.11. The van der Waals surface area contributed by atoms with Crippen LogP contribution in [-0.2, 0) is 11.2 Å². The average Bonchev–Trinajstić information content (AvgIpc) is 2.86. The van der Waals surface area contributed by atoms with Crippen molar-refractivity contribution in [1.29, 1.82) is 0 Å². The van der Waals surface area contributed by atoms with Crippen molar-refractivity contribution in [3.63, 3.8) is 0 Å². The third-order valence-corrected chi connectivity index (χ3v) is 3.11. The quantitative estimate of drug-likeness (QED) is 0.813. The van der Waals surface area contributed by atoms with Crippen LogP contribution in [0.3, 0.4) is 0 Å². The number of carboxylic acids is 1. The van der Waals surface area contributed by atoms with E-state index >= 15 is 0 Å². The third-order valence-electron chi connectivity index (χ3n) is 3.11. The molecule has 1 amide bonds. The number of piperidine rings is 1. The van der Waals surface area contributed by atoms with Gasteiger partial charge in [-0.3, -0.25) is 9.89 Å². The lowest BCUT2D eigenvalue weighted by molar-refractivity contribution is -0.143. The molecule has 2 N–H and O–H groups in total. The first-order valence-corrected chi connectivity index (χ1v) is 6.08. The highest BCUT2D eigenvalue weighted by atomic mass is 16.4. The van der Waals surface area contributed by atoms with Crippen LogP contribution in [0.25, 0.3) is 0 Å². The first-order valence-electron chi connectivity index (χ1n) is 6.08. The lowest BCUT2D eigenvalue weighted by atomic mass is 10.0.